The molecule has 0 aliphatic heterocycles. The molecular formula is C37H39FN2O9. The summed E-state index contributed by atoms with van der Waals surface area (Å²) in [7, 11) is 0. The van der Waals surface area contributed by atoms with E-state index >= 15 is 0 Å². The molecule has 3 aromatic carbocycles. The molecule has 258 valence electrons. The number of carbonyl (C=O) groups is 4. The van der Waals surface area contributed by atoms with Crippen LogP contribution in [0.1, 0.15) is 55.1 Å². The first kappa shape index (κ1) is 37.9. The highest BCUT2D eigenvalue weighted by atomic mass is 19.1. The van der Waals surface area contributed by atoms with Gasteiger partial charge in [-0.2, -0.15) is 0 Å². The molecule has 0 aliphatic rings. The van der Waals surface area contributed by atoms with Crippen molar-refractivity contribution < 1.29 is 49.1 Å². The van der Waals surface area contributed by atoms with Crippen molar-refractivity contribution in [1.29, 1.82) is 0 Å². The number of halogens is 1. The lowest BCUT2D eigenvalue weighted by Gasteiger charge is -2.20. The number of aromatic nitrogens is 1. The summed E-state index contributed by atoms with van der Waals surface area (Å²) in [6.07, 6.45) is -1.39. The zero-order valence-electron chi connectivity index (χ0n) is 27.0. The van der Waals surface area contributed by atoms with Crippen LogP contribution in [-0.2, 0) is 20.9 Å². The molecule has 0 saturated carbocycles. The van der Waals surface area contributed by atoms with Gasteiger partial charge in [-0.25, -0.2) is 14.0 Å². The quantitative estimate of drug-likeness (QED) is 0.0869. The molecule has 4 rings (SSSR count). The highest BCUT2D eigenvalue weighted by molar-refractivity contribution is 6.12. The Morgan fingerprint density at radius 3 is 1.84 bits per heavy atom. The van der Waals surface area contributed by atoms with Crippen LogP contribution in [0, 0.1) is 5.82 Å². The van der Waals surface area contributed by atoms with Crippen molar-refractivity contribution in [2.45, 2.75) is 57.8 Å². The minimum Gasteiger partial charge on any atom is -0.481 e. The molecule has 0 unspecified atom stereocenters. The van der Waals surface area contributed by atoms with Gasteiger partial charge in [0.05, 0.1) is 29.9 Å². The Morgan fingerprint density at radius 2 is 1.33 bits per heavy atom. The Bertz CT molecular complexity index is 1740. The first-order valence-electron chi connectivity index (χ1n) is 15.4. The Balaban J connectivity index is 0.000000723. The van der Waals surface area contributed by atoms with Crippen LogP contribution >= 0.6 is 0 Å². The number of aliphatic hydroxyl groups excluding tert-OH is 2. The zero-order chi connectivity index (χ0) is 36.1. The van der Waals surface area contributed by atoms with E-state index in [1.807, 2.05) is 79.1 Å². The highest BCUT2D eigenvalue weighted by Crippen LogP contribution is 2.42. The fourth-order valence-corrected chi connectivity index (χ4v) is 5.35. The number of nitrogens with one attached hydrogen (secondary N) is 1. The van der Waals surface area contributed by atoms with Crippen molar-refractivity contribution in [3.63, 3.8) is 0 Å². The fraction of sp³-hybridized carbons (Fsp3) is 0.243. The summed E-state index contributed by atoms with van der Waals surface area (Å²) < 4.78 is 16.0. The summed E-state index contributed by atoms with van der Waals surface area (Å²) in [5.74, 6) is -4.45. The lowest BCUT2D eigenvalue weighted by Crippen LogP contribution is -2.22. The van der Waals surface area contributed by atoms with Crippen molar-refractivity contribution in [2.75, 3.05) is 5.32 Å². The van der Waals surface area contributed by atoms with Gasteiger partial charge in [0.2, 0.25) is 0 Å². The zero-order valence-corrected chi connectivity index (χ0v) is 27.0. The van der Waals surface area contributed by atoms with Crippen LogP contribution in [0.5, 0.6) is 0 Å². The van der Waals surface area contributed by atoms with Crippen molar-refractivity contribution in [1.82, 2.24) is 4.57 Å². The maximum atomic E-state index is 14.0. The number of amides is 1. The molecule has 0 aliphatic carbocycles. The van der Waals surface area contributed by atoms with E-state index in [2.05, 4.69) is 5.32 Å². The van der Waals surface area contributed by atoms with Crippen molar-refractivity contribution in [2.24, 2.45) is 0 Å². The highest BCUT2D eigenvalue weighted by Gasteiger charge is 2.31. The van der Waals surface area contributed by atoms with Crippen LogP contribution in [-0.4, -0.2) is 66.1 Å². The standard InChI is InChI=1S/C33H35FN2O5.C4H4O4/c1-21(2)31-30(33(41)35-25-11-7-4-8-12-25)29(22-9-5-3-6-10-22)32(23-13-15-24(34)16-14-23)36(31)18-17-26(37)19-27(38)20-28(39)40;5-3(6)1-2-4(7)8/h3-16,21,26-27,37-38H,17-20H2,1-2H3,(H,35,41)(H,39,40);1-2H,(H,5,6)(H,7,8)/b;2-1+/t26-,27-;/m1./s1. The molecule has 11 nitrogen and oxygen atoms in total. The monoisotopic (exact) mass is 674 g/mol. The van der Waals surface area contributed by atoms with Gasteiger partial charge in [0.1, 0.15) is 5.82 Å². The first-order chi connectivity index (χ1) is 23.3. The average molecular weight is 675 g/mol. The lowest BCUT2D eigenvalue weighted by atomic mass is 9.94. The van der Waals surface area contributed by atoms with Gasteiger partial charge < -0.3 is 35.4 Å². The molecule has 0 saturated heterocycles. The van der Waals surface area contributed by atoms with Crippen LogP contribution in [0.2, 0.25) is 0 Å². The predicted octanol–water partition coefficient (Wildman–Crippen LogP) is 6.03. The molecular weight excluding hydrogens is 635 g/mol. The summed E-state index contributed by atoms with van der Waals surface area (Å²) >= 11 is 0. The van der Waals surface area contributed by atoms with E-state index in [4.69, 9.17) is 15.3 Å². The van der Waals surface area contributed by atoms with Gasteiger partial charge in [-0.15, -0.1) is 0 Å². The molecule has 1 heterocycles. The Hall–Kier alpha value is -5.59. The molecule has 0 bridgehead atoms. The number of nitrogens with zero attached hydrogens (tertiary/aromatic N) is 1. The molecule has 0 spiro atoms. The number of aliphatic carboxylic acids is 3. The smallest absolute Gasteiger partial charge is 0.328 e. The number of hydrogen-bond acceptors (Lipinski definition) is 6. The normalized spacial score (nSPS) is 12.2. The number of carbonyl (C=O) groups excluding carboxylic acids is 1. The first-order valence-corrected chi connectivity index (χ1v) is 15.4. The van der Waals surface area contributed by atoms with Gasteiger partial charge in [-0.3, -0.25) is 9.59 Å². The lowest BCUT2D eigenvalue weighted by molar-refractivity contribution is -0.139. The van der Waals surface area contributed by atoms with E-state index in [-0.39, 0.29) is 37.0 Å². The second kappa shape index (κ2) is 18.1. The van der Waals surface area contributed by atoms with Crippen molar-refractivity contribution >= 4 is 29.5 Å². The summed E-state index contributed by atoms with van der Waals surface area (Å²) in [5, 5.41) is 48.4. The SMILES string of the molecule is CC(C)c1c(C(=O)Nc2ccccc2)c(-c2ccccc2)c(-c2ccc(F)cc2)n1CC[C@@H](O)C[C@@H](O)CC(=O)O.O=C(O)/C=C/C(=O)O. The third-order valence-corrected chi connectivity index (χ3v) is 7.30. The van der Waals surface area contributed by atoms with Crippen LogP contribution in [0.15, 0.2) is 97.1 Å². The van der Waals surface area contributed by atoms with Gasteiger partial charge in [0, 0.05) is 35.6 Å². The molecule has 12 heteroatoms. The van der Waals surface area contributed by atoms with Crippen LogP contribution < -0.4 is 5.32 Å². The molecule has 0 fully saturated rings. The maximum absolute atomic E-state index is 14.0. The Kier molecular flexibility index (Phi) is 14.0. The van der Waals surface area contributed by atoms with Crippen LogP contribution in [0.3, 0.4) is 0 Å². The van der Waals surface area contributed by atoms with Gasteiger partial charge in [0.15, 0.2) is 0 Å². The number of anilines is 1. The minimum atomic E-state index is -1.26. The van der Waals surface area contributed by atoms with Crippen molar-refractivity contribution in [3.05, 3.63) is 114 Å². The Morgan fingerprint density at radius 1 is 0.776 bits per heavy atom. The summed E-state index contributed by atoms with van der Waals surface area (Å²) in [6.45, 7) is 4.25. The number of aliphatic hydroxyl groups is 2. The fourth-order valence-electron chi connectivity index (χ4n) is 5.35. The molecule has 1 aromatic heterocycles. The third kappa shape index (κ3) is 11.3. The largest absolute Gasteiger partial charge is 0.481 e. The van der Waals surface area contributed by atoms with E-state index in [0.717, 1.165) is 11.3 Å². The molecule has 4 aromatic rings. The third-order valence-electron chi connectivity index (χ3n) is 7.30. The van der Waals surface area contributed by atoms with Crippen LogP contribution in [0.25, 0.3) is 22.4 Å². The molecule has 6 N–H and O–H groups in total. The molecule has 0 radical (unpaired) electrons. The van der Waals surface area contributed by atoms with Gasteiger partial charge >= 0.3 is 17.9 Å². The van der Waals surface area contributed by atoms with E-state index in [9.17, 15) is 33.8 Å². The number of para-hydroxylation sites is 1. The van der Waals surface area contributed by atoms with E-state index in [1.165, 1.54) is 12.1 Å². The molecule has 49 heavy (non-hydrogen) atoms. The molecule has 2 atom stereocenters. The van der Waals surface area contributed by atoms with E-state index < -0.39 is 36.5 Å². The topological polar surface area (TPSA) is 186 Å². The number of benzene rings is 3. The number of rotatable bonds is 14. The second-order valence-electron chi connectivity index (χ2n) is 11.4. The molecule has 1 amide bonds. The van der Waals surface area contributed by atoms with Gasteiger partial charge in [0.25, 0.3) is 5.91 Å². The minimum absolute atomic E-state index is 0.0939. The van der Waals surface area contributed by atoms with E-state index in [0.29, 0.717) is 40.2 Å². The maximum Gasteiger partial charge on any atom is 0.328 e. The summed E-state index contributed by atoms with van der Waals surface area (Å²) in [5.41, 5.74) is 4.77. The number of carboxylic acid groups (broad SMARTS) is 3. The number of carboxylic acids is 3. The number of hydrogen-bond donors (Lipinski definition) is 6. The van der Waals surface area contributed by atoms with Crippen molar-refractivity contribution in [3.8, 4) is 22.4 Å². The van der Waals surface area contributed by atoms with Gasteiger partial charge in [-0.1, -0.05) is 62.4 Å². The summed E-state index contributed by atoms with van der Waals surface area (Å²) in [6, 6.07) is 24.8. The average Bonchev–Trinajstić information content (AvgIpc) is 3.39. The van der Waals surface area contributed by atoms with E-state index in [1.54, 1.807) is 12.1 Å². The second-order valence-corrected chi connectivity index (χ2v) is 11.4. The van der Waals surface area contributed by atoms with Crippen LogP contribution in [0.4, 0.5) is 10.1 Å². The summed E-state index contributed by atoms with van der Waals surface area (Å²) in [4.78, 5) is 44.1. The predicted molar refractivity (Wildman–Crippen MR) is 182 cm³/mol. The Labute approximate surface area is 282 Å². The van der Waals surface area contributed by atoms with Gasteiger partial charge in [-0.05, 0) is 66.3 Å².